The topological polar surface area (TPSA) is 41.8 Å². The number of nitrogens with two attached hydrogens (primary N) is 1. The molecule has 0 aliphatic heterocycles. The molecule has 0 radical (unpaired) electrons. The Bertz CT molecular complexity index is 480. The first-order chi connectivity index (χ1) is 7.31. The maximum absolute atomic E-state index is 5.80. The average Bonchev–Trinajstić information content (AvgIpc) is 2.88. The Kier molecular flexibility index (Phi) is 1.86. The SMILES string of the molecule is NCC1(Cc2ccc3cc[nH]c3c2)CC1. The second kappa shape index (κ2) is 3.11. The van der Waals surface area contributed by atoms with Crippen LogP contribution in [0.15, 0.2) is 30.5 Å². The maximum Gasteiger partial charge on any atom is 0.0456 e. The van der Waals surface area contributed by atoms with Gasteiger partial charge in [-0.1, -0.05) is 12.1 Å². The Hall–Kier alpha value is -1.28. The minimum atomic E-state index is 0.431. The van der Waals surface area contributed by atoms with Gasteiger partial charge in [-0.05, 0) is 54.3 Å². The van der Waals surface area contributed by atoms with E-state index in [1.807, 2.05) is 6.20 Å². The van der Waals surface area contributed by atoms with Gasteiger partial charge in [0.1, 0.15) is 0 Å². The van der Waals surface area contributed by atoms with Crippen LogP contribution in [0.3, 0.4) is 0 Å². The highest BCUT2D eigenvalue weighted by molar-refractivity contribution is 5.79. The lowest BCUT2D eigenvalue weighted by atomic mass is 9.96. The molecule has 0 saturated heterocycles. The molecule has 15 heavy (non-hydrogen) atoms. The molecule has 78 valence electrons. The molecule has 1 heterocycles. The number of hydrogen-bond acceptors (Lipinski definition) is 1. The summed E-state index contributed by atoms with van der Waals surface area (Å²) in [5.41, 5.74) is 8.88. The van der Waals surface area contributed by atoms with Crippen LogP contribution < -0.4 is 5.73 Å². The third-order valence-electron chi connectivity index (χ3n) is 3.59. The van der Waals surface area contributed by atoms with Crippen LogP contribution in [0.4, 0.5) is 0 Å². The van der Waals surface area contributed by atoms with Crippen LogP contribution in [0.25, 0.3) is 10.9 Å². The van der Waals surface area contributed by atoms with Gasteiger partial charge in [0, 0.05) is 11.7 Å². The number of nitrogens with one attached hydrogen (secondary N) is 1. The molecule has 0 spiro atoms. The standard InChI is InChI=1S/C13H16N2/c14-9-13(4-5-13)8-10-1-2-11-3-6-15-12(11)7-10/h1-3,6-7,15H,4-5,8-9,14H2. The summed E-state index contributed by atoms with van der Waals surface area (Å²) in [7, 11) is 0. The van der Waals surface area contributed by atoms with Crippen LogP contribution in [0.1, 0.15) is 18.4 Å². The molecule has 2 aromatic rings. The zero-order valence-electron chi connectivity index (χ0n) is 8.79. The molecule has 1 aliphatic rings. The number of fused-ring (bicyclic) bond motifs is 1. The monoisotopic (exact) mass is 200 g/mol. The van der Waals surface area contributed by atoms with E-state index >= 15 is 0 Å². The van der Waals surface area contributed by atoms with Gasteiger partial charge in [0.25, 0.3) is 0 Å². The van der Waals surface area contributed by atoms with Crippen LogP contribution in [-0.2, 0) is 6.42 Å². The fourth-order valence-corrected chi connectivity index (χ4v) is 2.27. The van der Waals surface area contributed by atoms with E-state index in [4.69, 9.17) is 5.73 Å². The van der Waals surface area contributed by atoms with E-state index in [9.17, 15) is 0 Å². The fourth-order valence-electron chi connectivity index (χ4n) is 2.27. The molecule has 0 bridgehead atoms. The Morgan fingerprint density at radius 2 is 2.13 bits per heavy atom. The molecule has 2 heteroatoms. The van der Waals surface area contributed by atoms with Gasteiger partial charge in [0.2, 0.25) is 0 Å². The van der Waals surface area contributed by atoms with Crippen molar-refractivity contribution in [2.45, 2.75) is 19.3 Å². The van der Waals surface area contributed by atoms with Crippen molar-refractivity contribution in [1.29, 1.82) is 0 Å². The van der Waals surface area contributed by atoms with E-state index in [0.717, 1.165) is 13.0 Å². The molecule has 1 fully saturated rings. The molecule has 0 unspecified atom stereocenters. The Morgan fingerprint density at radius 1 is 1.27 bits per heavy atom. The van der Waals surface area contributed by atoms with Gasteiger partial charge in [-0.3, -0.25) is 0 Å². The third kappa shape index (κ3) is 1.55. The molecule has 1 aromatic carbocycles. The lowest BCUT2D eigenvalue weighted by Gasteiger charge is -2.11. The molecule has 1 aliphatic carbocycles. The van der Waals surface area contributed by atoms with Crippen molar-refractivity contribution in [1.82, 2.24) is 4.98 Å². The van der Waals surface area contributed by atoms with Gasteiger partial charge in [-0.2, -0.15) is 0 Å². The summed E-state index contributed by atoms with van der Waals surface area (Å²) in [5.74, 6) is 0. The maximum atomic E-state index is 5.80. The summed E-state index contributed by atoms with van der Waals surface area (Å²) < 4.78 is 0. The highest BCUT2D eigenvalue weighted by Gasteiger charge is 2.40. The molecular formula is C13H16N2. The van der Waals surface area contributed by atoms with Gasteiger partial charge in [-0.25, -0.2) is 0 Å². The van der Waals surface area contributed by atoms with Gasteiger partial charge in [0.15, 0.2) is 0 Å². The molecule has 1 saturated carbocycles. The Balaban J connectivity index is 1.91. The summed E-state index contributed by atoms with van der Waals surface area (Å²) in [6.07, 6.45) is 5.72. The zero-order chi connectivity index (χ0) is 10.3. The van der Waals surface area contributed by atoms with Gasteiger partial charge in [0.05, 0.1) is 0 Å². The molecule has 3 rings (SSSR count). The molecule has 0 atom stereocenters. The van der Waals surface area contributed by atoms with Crippen molar-refractivity contribution in [2.24, 2.45) is 11.1 Å². The van der Waals surface area contributed by atoms with Crippen molar-refractivity contribution in [3.63, 3.8) is 0 Å². The normalized spacial score (nSPS) is 18.2. The van der Waals surface area contributed by atoms with E-state index in [-0.39, 0.29) is 0 Å². The lowest BCUT2D eigenvalue weighted by molar-refractivity contribution is 0.521. The first kappa shape index (κ1) is 8.98. The number of aromatic amines is 1. The predicted octanol–water partition coefficient (Wildman–Crippen LogP) is 2.45. The molecule has 3 N–H and O–H groups in total. The van der Waals surface area contributed by atoms with Crippen LogP contribution in [-0.4, -0.2) is 11.5 Å². The Morgan fingerprint density at radius 3 is 2.87 bits per heavy atom. The smallest absolute Gasteiger partial charge is 0.0456 e. The first-order valence-electron chi connectivity index (χ1n) is 5.57. The molecule has 1 aromatic heterocycles. The minimum Gasteiger partial charge on any atom is -0.361 e. The van der Waals surface area contributed by atoms with Crippen molar-refractivity contribution in [3.05, 3.63) is 36.0 Å². The summed E-state index contributed by atoms with van der Waals surface area (Å²) >= 11 is 0. The van der Waals surface area contributed by atoms with Crippen LogP contribution in [0.5, 0.6) is 0 Å². The second-order valence-electron chi connectivity index (χ2n) is 4.78. The average molecular weight is 200 g/mol. The lowest BCUT2D eigenvalue weighted by Crippen LogP contribution is -2.17. The summed E-state index contributed by atoms with van der Waals surface area (Å²) in [5, 5.41) is 1.29. The van der Waals surface area contributed by atoms with E-state index in [0.29, 0.717) is 5.41 Å². The Labute approximate surface area is 89.5 Å². The number of rotatable bonds is 3. The summed E-state index contributed by atoms with van der Waals surface area (Å²) in [6, 6.07) is 8.78. The van der Waals surface area contributed by atoms with Crippen molar-refractivity contribution in [2.75, 3.05) is 6.54 Å². The highest BCUT2D eigenvalue weighted by Crippen LogP contribution is 2.47. The van der Waals surface area contributed by atoms with Crippen molar-refractivity contribution < 1.29 is 0 Å². The first-order valence-corrected chi connectivity index (χ1v) is 5.57. The van der Waals surface area contributed by atoms with Crippen LogP contribution in [0.2, 0.25) is 0 Å². The summed E-state index contributed by atoms with van der Waals surface area (Å²) in [6.45, 7) is 0.829. The predicted molar refractivity (Wildman–Crippen MR) is 62.7 cm³/mol. The van der Waals surface area contributed by atoms with E-state index in [2.05, 4.69) is 29.2 Å². The molecule has 2 nitrogen and oxygen atoms in total. The third-order valence-corrected chi connectivity index (χ3v) is 3.59. The van der Waals surface area contributed by atoms with Gasteiger partial charge in [-0.15, -0.1) is 0 Å². The number of hydrogen-bond donors (Lipinski definition) is 2. The zero-order valence-corrected chi connectivity index (χ0v) is 8.79. The number of benzene rings is 1. The van der Waals surface area contributed by atoms with Gasteiger partial charge >= 0.3 is 0 Å². The summed E-state index contributed by atoms with van der Waals surface area (Å²) in [4.78, 5) is 3.25. The minimum absolute atomic E-state index is 0.431. The van der Waals surface area contributed by atoms with Crippen molar-refractivity contribution in [3.8, 4) is 0 Å². The molecule has 0 amide bonds. The highest BCUT2D eigenvalue weighted by atomic mass is 14.7. The van der Waals surface area contributed by atoms with E-state index < -0.39 is 0 Å². The van der Waals surface area contributed by atoms with Crippen LogP contribution >= 0.6 is 0 Å². The molecular weight excluding hydrogens is 184 g/mol. The van der Waals surface area contributed by atoms with Crippen LogP contribution in [0, 0.1) is 5.41 Å². The fraction of sp³-hybridized carbons (Fsp3) is 0.385. The number of aromatic nitrogens is 1. The van der Waals surface area contributed by atoms with Crippen molar-refractivity contribution >= 4 is 10.9 Å². The van der Waals surface area contributed by atoms with E-state index in [1.54, 1.807) is 0 Å². The van der Waals surface area contributed by atoms with E-state index in [1.165, 1.54) is 29.3 Å². The largest absolute Gasteiger partial charge is 0.361 e. The quantitative estimate of drug-likeness (QED) is 0.785. The second-order valence-corrected chi connectivity index (χ2v) is 4.78. The van der Waals surface area contributed by atoms with Gasteiger partial charge < -0.3 is 10.7 Å². The number of H-pyrrole nitrogens is 1.